The van der Waals surface area contributed by atoms with E-state index in [1.165, 1.54) is 16.8 Å². The monoisotopic (exact) mass is 317 g/mol. The summed E-state index contributed by atoms with van der Waals surface area (Å²) in [5.74, 6) is -0.163. The van der Waals surface area contributed by atoms with Crippen LogP contribution in [0.5, 0.6) is 0 Å². The number of benzene rings is 1. The van der Waals surface area contributed by atoms with E-state index in [1.807, 2.05) is 0 Å². The van der Waals surface area contributed by atoms with E-state index in [9.17, 15) is 14.3 Å². The molecule has 1 saturated heterocycles. The fourth-order valence-electron chi connectivity index (χ4n) is 2.47. The lowest BCUT2D eigenvalue weighted by Gasteiger charge is -2.17. The van der Waals surface area contributed by atoms with Crippen molar-refractivity contribution in [1.82, 2.24) is 25.1 Å². The second kappa shape index (κ2) is 6.25. The molecule has 0 aliphatic carbocycles. The second-order valence-corrected chi connectivity index (χ2v) is 5.41. The molecule has 23 heavy (non-hydrogen) atoms. The van der Waals surface area contributed by atoms with Gasteiger partial charge in [0.1, 0.15) is 11.5 Å². The number of aromatic nitrogens is 4. The number of hydrogen-bond acceptors (Lipinski definition) is 5. The summed E-state index contributed by atoms with van der Waals surface area (Å²) >= 11 is 0. The zero-order valence-electron chi connectivity index (χ0n) is 12.6. The highest BCUT2D eigenvalue weighted by atomic mass is 19.1. The number of likely N-dealkylation sites (tertiary alicyclic amines) is 1. The number of nitrogens with zero attached hydrogens (tertiary/aromatic N) is 5. The minimum absolute atomic E-state index is 0.258. The van der Waals surface area contributed by atoms with Crippen molar-refractivity contribution in [1.29, 1.82) is 0 Å². The third kappa shape index (κ3) is 3.26. The molecular weight excluding hydrogens is 301 g/mol. The molecular formula is C15H16FN5O2. The lowest BCUT2D eigenvalue weighted by molar-refractivity contribution is -0.124. The summed E-state index contributed by atoms with van der Waals surface area (Å²) in [4.78, 5) is 14.3. The summed E-state index contributed by atoms with van der Waals surface area (Å²) < 4.78 is 14.4. The third-order valence-corrected chi connectivity index (χ3v) is 3.70. The van der Waals surface area contributed by atoms with Crippen molar-refractivity contribution in [3.05, 3.63) is 41.5 Å². The summed E-state index contributed by atoms with van der Waals surface area (Å²) in [6.45, 7) is 2.44. The Balaban J connectivity index is 1.99. The van der Waals surface area contributed by atoms with Gasteiger partial charge in [-0.1, -0.05) is 12.1 Å². The summed E-state index contributed by atoms with van der Waals surface area (Å²) in [6, 6.07) is 5.78. The van der Waals surface area contributed by atoms with Gasteiger partial charge in [-0.05, 0) is 47.5 Å². The van der Waals surface area contributed by atoms with Gasteiger partial charge in [-0.15, -0.1) is 5.10 Å². The zero-order chi connectivity index (χ0) is 16.4. The Labute approximate surface area is 132 Å². The number of carbonyl (C=O) groups is 1. The molecule has 1 amide bonds. The highest BCUT2D eigenvalue weighted by molar-refractivity contribution is 6.18. The minimum atomic E-state index is -0.513. The van der Waals surface area contributed by atoms with E-state index in [0.717, 1.165) is 0 Å². The largest absolute Gasteiger partial charge is 0.391 e. The summed E-state index contributed by atoms with van der Waals surface area (Å²) in [5.41, 5.74) is 0.914. The fraction of sp³-hybridized carbons (Fsp3) is 0.333. The molecule has 8 heteroatoms. The van der Waals surface area contributed by atoms with Crippen LogP contribution in [0.2, 0.25) is 0 Å². The molecule has 0 bridgehead atoms. The molecule has 120 valence electrons. The van der Waals surface area contributed by atoms with E-state index in [4.69, 9.17) is 0 Å². The third-order valence-electron chi connectivity index (χ3n) is 3.70. The van der Waals surface area contributed by atoms with Gasteiger partial charge in [0.25, 0.3) is 5.91 Å². The highest BCUT2D eigenvalue weighted by Crippen LogP contribution is 2.19. The molecule has 1 aromatic carbocycles. The van der Waals surface area contributed by atoms with Crippen LogP contribution in [0.4, 0.5) is 4.39 Å². The summed E-state index contributed by atoms with van der Waals surface area (Å²) in [5, 5.41) is 20.8. The van der Waals surface area contributed by atoms with Crippen LogP contribution < -0.4 is 0 Å². The quantitative estimate of drug-likeness (QED) is 0.843. The van der Waals surface area contributed by atoms with Crippen molar-refractivity contribution in [2.75, 3.05) is 13.1 Å². The van der Waals surface area contributed by atoms with E-state index in [2.05, 4.69) is 15.5 Å². The molecule has 2 aromatic rings. The average Bonchev–Trinajstić information content (AvgIpc) is 3.15. The molecule has 2 heterocycles. The number of aryl methyl sites for hydroxylation is 1. The van der Waals surface area contributed by atoms with E-state index in [-0.39, 0.29) is 24.0 Å². The van der Waals surface area contributed by atoms with Crippen molar-refractivity contribution < 1.29 is 14.3 Å². The van der Waals surface area contributed by atoms with Crippen molar-refractivity contribution >= 4 is 17.7 Å². The molecule has 1 atom stereocenters. The molecule has 7 nitrogen and oxygen atoms in total. The first-order valence-corrected chi connectivity index (χ1v) is 7.24. The molecule has 0 unspecified atom stereocenters. The van der Waals surface area contributed by atoms with Crippen LogP contribution in [-0.2, 0) is 4.79 Å². The first kappa shape index (κ1) is 15.3. The number of amides is 1. The average molecular weight is 317 g/mol. The Morgan fingerprint density at radius 1 is 1.39 bits per heavy atom. The van der Waals surface area contributed by atoms with Crippen molar-refractivity contribution in [2.45, 2.75) is 19.4 Å². The minimum Gasteiger partial charge on any atom is -0.391 e. The topological polar surface area (TPSA) is 84.1 Å². The van der Waals surface area contributed by atoms with Crippen LogP contribution in [0.1, 0.15) is 17.8 Å². The lowest BCUT2D eigenvalue weighted by atomic mass is 10.2. The van der Waals surface area contributed by atoms with Crippen LogP contribution in [-0.4, -0.2) is 55.3 Å². The zero-order valence-corrected chi connectivity index (χ0v) is 12.6. The Hall–Kier alpha value is -2.61. The van der Waals surface area contributed by atoms with Crippen molar-refractivity contribution in [3.63, 3.8) is 0 Å². The van der Waals surface area contributed by atoms with Gasteiger partial charge in [0.15, 0.2) is 5.82 Å². The first-order chi connectivity index (χ1) is 11.0. The van der Waals surface area contributed by atoms with Gasteiger partial charge in [-0.25, -0.2) is 4.39 Å². The summed E-state index contributed by atoms with van der Waals surface area (Å²) in [7, 11) is 0. The standard InChI is InChI=1S/C15H16FN5O2/c1-10-17-18-19-21(10)14(8-11-2-4-12(16)5-3-11)15(23)20-7-6-13(22)9-20/h2-5,8,13,22H,6-7,9H2,1H3/b14-8+/t13-/m1/s1. The van der Waals surface area contributed by atoms with Gasteiger partial charge in [0.05, 0.1) is 6.10 Å². The summed E-state index contributed by atoms with van der Waals surface area (Å²) in [6.07, 6.45) is 1.64. The molecule has 1 aliphatic heterocycles. The molecule has 3 rings (SSSR count). The van der Waals surface area contributed by atoms with Crippen LogP contribution >= 0.6 is 0 Å². The number of aliphatic hydroxyl groups excluding tert-OH is 1. The Bertz CT molecular complexity index is 741. The first-order valence-electron chi connectivity index (χ1n) is 7.24. The fourth-order valence-corrected chi connectivity index (χ4v) is 2.47. The number of rotatable bonds is 3. The SMILES string of the molecule is Cc1nnnn1/C(=C/c1ccc(F)cc1)C(=O)N1CC[C@@H](O)C1. The maximum Gasteiger partial charge on any atom is 0.272 e. The predicted molar refractivity (Wildman–Crippen MR) is 80.3 cm³/mol. The van der Waals surface area contributed by atoms with Crippen LogP contribution in [0, 0.1) is 12.7 Å². The van der Waals surface area contributed by atoms with Gasteiger partial charge >= 0.3 is 0 Å². The maximum absolute atomic E-state index is 13.0. The van der Waals surface area contributed by atoms with Gasteiger partial charge in [0, 0.05) is 13.1 Å². The van der Waals surface area contributed by atoms with Crippen LogP contribution in [0.3, 0.4) is 0 Å². The van der Waals surface area contributed by atoms with E-state index in [0.29, 0.717) is 24.4 Å². The van der Waals surface area contributed by atoms with Gasteiger partial charge in [0.2, 0.25) is 0 Å². The van der Waals surface area contributed by atoms with E-state index >= 15 is 0 Å². The Kier molecular flexibility index (Phi) is 4.16. The molecule has 1 aromatic heterocycles. The molecule has 0 radical (unpaired) electrons. The maximum atomic E-state index is 13.0. The van der Waals surface area contributed by atoms with Crippen molar-refractivity contribution in [3.8, 4) is 0 Å². The van der Waals surface area contributed by atoms with E-state index in [1.54, 1.807) is 30.0 Å². The lowest BCUT2D eigenvalue weighted by Crippen LogP contribution is -2.32. The highest BCUT2D eigenvalue weighted by Gasteiger charge is 2.28. The van der Waals surface area contributed by atoms with Crippen LogP contribution in [0.15, 0.2) is 24.3 Å². The number of tetrazole rings is 1. The van der Waals surface area contributed by atoms with Crippen molar-refractivity contribution in [2.24, 2.45) is 0 Å². The van der Waals surface area contributed by atoms with E-state index < -0.39 is 6.10 Å². The number of β-amino-alcohol motifs (C(OH)–C–C–N with tert-alkyl or cyclic N) is 1. The van der Waals surface area contributed by atoms with Gasteiger partial charge in [-0.2, -0.15) is 4.68 Å². The number of carbonyl (C=O) groups excluding carboxylic acids is 1. The molecule has 1 fully saturated rings. The second-order valence-electron chi connectivity index (χ2n) is 5.41. The molecule has 1 N–H and O–H groups in total. The smallest absolute Gasteiger partial charge is 0.272 e. The van der Waals surface area contributed by atoms with Crippen LogP contribution in [0.25, 0.3) is 11.8 Å². The number of halogens is 1. The molecule has 0 saturated carbocycles. The predicted octanol–water partition coefficient (Wildman–Crippen LogP) is 0.712. The normalized spacial score (nSPS) is 18.5. The van der Waals surface area contributed by atoms with Gasteiger partial charge < -0.3 is 10.0 Å². The Morgan fingerprint density at radius 2 is 2.13 bits per heavy atom. The number of hydrogen-bond donors (Lipinski definition) is 1. The Morgan fingerprint density at radius 3 is 2.70 bits per heavy atom. The number of aliphatic hydroxyl groups is 1. The van der Waals surface area contributed by atoms with Gasteiger partial charge in [-0.3, -0.25) is 4.79 Å². The molecule has 1 aliphatic rings. The molecule has 0 spiro atoms.